The van der Waals surface area contributed by atoms with Crippen LogP contribution in [0.3, 0.4) is 0 Å². The molecule has 1 amide bonds. The van der Waals surface area contributed by atoms with Gasteiger partial charge in [0.15, 0.2) is 0 Å². The number of benzene rings is 1. The third kappa shape index (κ3) is 4.48. The van der Waals surface area contributed by atoms with Crippen LogP contribution in [-0.2, 0) is 4.79 Å². The van der Waals surface area contributed by atoms with Crippen LogP contribution in [0.4, 0.5) is 5.82 Å². The summed E-state index contributed by atoms with van der Waals surface area (Å²) < 4.78 is 2.07. The Morgan fingerprint density at radius 2 is 1.78 bits per heavy atom. The van der Waals surface area contributed by atoms with Crippen molar-refractivity contribution in [1.82, 2.24) is 14.3 Å². The average Bonchev–Trinajstić information content (AvgIpc) is 3.13. The van der Waals surface area contributed by atoms with Crippen molar-refractivity contribution < 1.29 is 4.79 Å². The molecule has 0 aliphatic carbocycles. The van der Waals surface area contributed by atoms with E-state index >= 15 is 0 Å². The fraction of sp³-hybridized carbons (Fsp3) is 0.357. The molecule has 8 heteroatoms. The van der Waals surface area contributed by atoms with E-state index in [-0.39, 0.29) is 17.5 Å². The smallest absolute Gasteiger partial charge is 0.267 e. The SMILES string of the molecule is Cc1cccn2c(=O)c(/C=C3/SC(=S)N([C@H](C)c4ccccc4)C3=O)c(N3C[C@H](C)C[C@@H](C)C3)nc12. The van der Waals surface area contributed by atoms with Crippen molar-refractivity contribution in [2.24, 2.45) is 11.8 Å². The second-order valence-corrected chi connectivity index (χ2v) is 11.7. The summed E-state index contributed by atoms with van der Waals surface area (Å²) in [6, 6.07) is 13.4. The highest BCUT2D eigenvalue weighted by molar-refractivity contribution is 8.26. The minimum absolute atomic E-state index is 0.175. The number of amides is 1. The number of nitrogens with zero attached hydrogens (tertiary/aromatic N) is 4. The zero-order chi connectivity index (χ0) is 25.6. The largest absolute Gasteiger partial charge is 0.355 e. The summed E-state index contributed by atoms with van der Waals surface area (Å²) in [4.78, 5) is 36.7. The van der Waals surface area contributed by atoms with Gasteiger partial charge in [0.25, 0.3) is 11.5 Å². The number of carbonyl (C=O) groups is 1. The molecule has 2 aliphatic heterocycles. The number of thioether (sulfide) groups is 1. The molecule has 0 N–H and O–H groups in total. The molecule has 0 spiro atoms. The number of carbonyl (C=O) groups excluding carboxylic acids is 1. The number of pyridine rings is 1. The van der Waals surface area contributed by atoms with Crippen LogP contribution in [0.1, 0.15) is 49.9 Å². The number of hydrogen-bond donors (Lipinski definition) is 0. The summed E-state index contributed by atoms with van der Waals surface area (Å²) in [6.07, 6.45) is 4.59. The zero-order valence-corrected chi connectivity index (χ0v) is 22.6. The molecular formula is C28H30N4O2S2. The number of rotatable bonds is 4. The Balaban J connectivity index is 1.62. The van der Waals surface area contributed by atoms with Crippen LogP contribution in [0.5, 0.6) is 0 Å². The summed E-state index contributed by atoms with van der Waals surface area (Å²) in [6.45, 7) is 10.1. The van der Waals surface area contributed by atoms with Gasteiger partial charge in [0.1, 0.15) is 15.8 Å². The maximum absolute atomic E-state index is 13.8. The minimum atomic E-state index is -0.202. The molecule has 186 valence electrons. The molecule has 0 saturated carbocycles. The molecule has 36 heavy (non-hydrogen) atoms. The summed E-state index contributed by atoms with van der Waals surface area (Å²) >= 11 is 6.87. The lowest BCUT2D eigenvalue weighted by Gasteiger charge is -2.36. The van der Waals surface area contributed by atoms with E-state index in [1.807, 2.05) is 56.3 Å². The van der Waals surface area contributed by atoms with Crippen LogP contribution in [-0.4, -0.2) is 37.6 Å². The van der Waals surface area contributed by atoms with E-state index in [2.05, 4.69) is 18.7 Å². The van der Waals surface area contributed by atoms with E-state index in [1.165, 1.54) is 11.8 Å². The van der Waals surface area contributed by atoms with E-state index in [4.69, 9.17) is 17.2 Å². The zero-order valence-electron chi connectivity index (χ0n) is 21.0. The summed E-state index contributed by atoms with van der Waals surface area (Å²) in [5.41, 5.74) is 2.85. The number of piperidine rings is 1. The number of fused-ring (bicyclic) bond motifs is 1. The normalized spacial score (nSPS) is 22.6. The first-order chi connectivity index (χ1) is 17.2. The summed E-state index contributed by atoms with van der Waals surface area (Å²) in [5.74, 6) is 1.45. The first-order valence-corrected chi connectivity index (χ1v) is 13.6. The predicted octanol–water partition coefficient (Wildman–Crippen LogP) is 5.45. The second-order valence-electron chi connectivity index (χ2n) is 10.0. The standard InChI is InChI=1S/C28H30N4O2S2/c1-17-13-18(2)16-30(15-17)25-22(26(33)31-12-8-9-19(3)24(31)29-25)14-23-27(34)32(28(35)36-23)20(4)21-10-6-5-7-11-21/h5-12,14,17-18,20H,13,15-16H2,1-4H3/b23-14+/t17-,18-,20-/m1/s1. The number of aromatic nitrogens is 2. The van der Waals surface area contributed by atoms with Crippen LogP contribution in [0.15, 0.2) is 58.4 Å². The first-order valence-electron chi connectivity index (χ1n) is 12.3. The van der Waals surface area contributed by atoms with Gasteiger partial charge in [-0.05, 0) is 55.4 Å². The van der Waals surface area contributed by atoms with Gasteiger partial charge in [0, 0.05) is 19.3 Å². The number of hydrogen-bond acceptors (Lipinski definition) is 6. The van der Waals surface area contributed by atoms with Crippen molar-refractivity contribution >= 4 is 51.7 Å². The van der Waals surface area contributed by atoms with E-state index in [1.54, 1.807) is 21.6 Å². The van der Waals surface area contributed by atoms with Gasteiger partial charge in [-0.1, -0.05) is 74.2 Å². The maximum atomic E-state index is 13.8. The monoisotopic (exact) mass is 518 g/mol. The molecule has 2 aromatic heterocycles. The van der Waals surface area contributed by atoms with Crippen LogP contribution < -0.4 is 10.5 Å². The Kier molecular flexibility index (Phi) is 6.74. The fourth-order valence-corrected chi connectivity index (χ4v) is 6.73. The average molecular weight is 519 g/mol. The molecular weight excluding hydrogens is 488 g/mol. The number of anilines is 1. The Bertz CT molecular complexity index is 1420. The van der Waals surface area contributed by atoms with Crippen LogP contribution in [0, 0.1) is 18.8 Å². The highest BCUT2D eigenvalue weighted by atomic mass is 32.2. The quantitative estimate of drug-likeness (QED) is 0.338. The van der Waals surface area contributed by atoms with Gasteiger partial charge in [-0.25, -0.2) is 4.98 Å². The Morgan fingerprint density at radius 1 is 1.08 bits per heavy atom. The van der Waals surface area contributed by atoms with E-state index in [0.717, 1.165) is 30.6 Å². The summed E-state index contributed by atoms with van der Waals surface area (Å²) in [7, 11) is 0. The lowest BCUT2D eigenvalue weighted by Crippen LogP contribution is -2.40. The highest BCUT2D eigenvalue weighted by Crippen LogP contribution is 2.39. The lowest BCUT2D eigenvalue weighted by atomic mass is 9.91. The fourth-order valence-electron chi connectivity index (χ4n) is 5.33. The minimum Gasteiger partial charge on any atom is -0.355 e. The van der Waals surface area contributed by atoms with Gasteiger partial charge >= 0.3 is 0 Å². The van der Waals surface area contributed by atoms with Crippen LogP contribution >= 0.6 is 24.0 Å². The van der Waals surface area contributed by atoms with Crippen LogP contribution in [0.2, 0.25) is 0 Å². The highest BCUT2D eigenvalue weighted by Gasteiger charge is 2.37. The van der Waals surface area contributed by atoms with Crippen molar-refractivity contribution in [3.63, 3.8) is 0 Å². The summed E-state index contributed by atoms with van der Waals surface area (Å²) in [5, 5.41) is 0. The molecule has 5 rings (SSSR count). The van der Waals surface area contributed by atoms with Gasteiger partial charge in [-0.2, -0.15) is 0 Å². The second kappa shape index (κ2) is 9.82. The molecule has 3 atom stereocenters. The number of aryl methyl sites for hydroxylation is 1. The van der Waals surface area contributed by atoms with Gasteiger partial charge < -0.3 is 4.90 Å². The maximum Gasteiger partial charge on any atom is 0.267 e. The molecule has 0 unspecified atom stereocenters. The van der Waals surface area contributed by atoms with Crippen molar-refractivity contribution in [1.29, 1.82) is 0 Å². The molecule has 4 heterocycles. The molecule has 0 bridgehead atoms. The Labute approximate surface area is 221 Å². The van der Waals surface area contributed by atoms with E-state index < -0.39 is 0 Å². The van der Waals surface area contributed by atoms with Crippen LogP contribution in [0.25, 0.3) is 11.7 Å². The predicted molar refractivity (Wildman–Crippen MR) is 151 cm³/mol. The van der Waals surface area contributed by atoms with Gasteiger partial charge in [0.2, 0.25) is 0 Å². The van der Waals surface area contributed by atoms with Crippen molar-refractivity contribution in [3.05, 3.63) is 80.6 Å². The Morgan fingerprint density at radius 3 is 2.47 bits per heavy atom. The molecule has 6 nitrogen and oxygen atoms in total. The molecule has 3 aromatic rings. The molecule has 1 aromatic carbocycles. The van der Waals surface area contributed by atoms with Gasteiger partial charge in [-0.15, -0.1) is 0 Å². The van der Waals surface area contributed by atoms with Gasteiger partial charge in [-0.3, -0.25) is 18.9 Å². The third-order valence-electron chi connectivity index (χ3n) is 7.00. The van der Waals surface area contributed by atoms with Crippen molar-refractivity contribution in [2.75, 3.05) is 18.0 Å². The molecule has 2 saturated heterocycles. The topological polar surface area (TPSA) is 57.9 Å². The van der Waals surface area contributed by atoms with Crippen molar-refractivity contribution in [3.8, 4) is 0 Å². The first kappa shape index (κ1) is 24.7. The molecule has 0 radical (unpaired) electrons. The molecule has 2 fully saturated rings. The number of thiocarbonyl (C=S) groups is 1. The Hall–Kier alpha value is -2.97. The van der Waals surface area contributed by atoms with E-state index in [0.29, 0.717) is 38.1 Å². The van der Waals surface area contributed by atoms with Gasteiger partial charge in [0.05, 0.1) is 16.5 Å². The van der Waals surface area contributed by atoms with Crippen molar-refractivity contribution in [2.45, 2.75) is 40.2 Å². The molecule has 2 aliphatic rings. The van der Waals surface area contributed by atoms with E-state index in [9.17, 15) is 9.59 Å². The lowest BCUT2D eigenvalue weighted by molar-refractivity contribution is -0.123. The third-order valence-corrected chi connectivity index (χ3v) is 8.33.